The number of methoxy groups -OCH3 is 1. The number of ether oxygens (including phenoxy) is 1. The van der Waals surface area contributed by atoms with Gasteiger partial charge in [-0.05, 0) is 18.6 Å². The van der Waals surface area contributed by atoms with Gasteiger partial charge in [0.1, 0.15) is 5.56 Å². The number of aryl methyl sites for hydroxylation is 1. The lowest BCUT2D eigenvalue weighted by atomic mass is 10.2. The van der Waals surface area contributed by atoms with Crippen molar-refractivity contribution in [2.45, 2.75) is 27.2 Å². The average Bonchev–Trinajstić information content (AvgIpc) is 2.93. The number of esters is 1. The Balaban J connectivity index is 0.000000861. The molecule has 0 saturated heterocycles. The second-order valence-electron chi connectivity index (χ2n) is 3.61. The minimum absolute atomic E-state index is 0.343. The Morgan fingerprint density at radius 1 is 1.26 bits per heavy atom. The first-order valence-electron chi connectivity index (χ1n) is 6.48. The van der Waals surface area contributed by atoms with Crippen molar-refractivity contribution >= 4 is 5.97 Å². The van der Waals surface area contributed by atoms with E-state index in [1.54, 1.807) is 10.9 Å². The smallest absolute Gasteiger partial charge is 0.341 e. The van der Waals surface area contributed by atoms with Gasteiger partial charge in [-0.25, -0.2) is 9.48 Å². The summed E-state index contributed by atoms with van der Waals surface area (Å²) in [4.78, 5) is 11.6. The minimum Gasteiger partial charge on any atom is -0.465 e. The maximum absolute atomic E-state index is 11.6. The van der Waals surface area contributed by atoms with E-state index in [0.29, 0.717) is 12.0 Å². The van der Waals surface area contributed by atoms with Crippen LogP contribution in [0.25, 0.3) is 5.69 Å². The molecular weight excluding hydrogens is 240 g/mol. The molecule has 0 N–H and O–H groups in total. The van der Waals surface area contributed by atoms with Gasteiger partial charge in [-0.2, -0.15) is 5.10 Å². The van der Waals surface area contributed by atoms with Crippen molar-refractivity contribution in [1.29, 1.82) is 0 Å². The maximum atomic E-state index is 11.6. The van der Waals surface area contributed by atoms with Crippen LogP contribution in [-0.2, 0) is 11.2 Å². The molecule has 0 aliphatic rings. The van der Waals surface area contributed by atoms with Gasteiger partial charge < -0.3 is 4.74 Å². The Labute approximate surface area is 114 Å². The summed E-state index contributed by atoms with van der Waals surface area (Å²) in [5, 5.41) is 4.38. The summed E-state index contributed by atoms with van der Waals surface area (Å²) in [7, 11) is 1.38. The molecule has 102 valence electrons. The van der Waals surface area contributed by atoms with Gasteiger partial charge in [-0.3, -0.25) is 0 Å². The molecule has 2 rings (SSSR count). The fourth-order valence-corrected chi connectivity index (χ4v) is 1.66. The number of hydrogen-bond acceptors (Lipinski definition) is 3. The third-order valence-corrected chi connectivity index (χ3v) is 2.55. The van der Waals surface area contributed by atoms with Gasteiger partial charge in [-0.1, -0.05) is 39.0 Å². The summed E-state index contributed by atoms with van der Waals surface area (Å²) in [6.45, 7) is 5.96. The molecular formula is C15H20N2O2. The summed E-state index contributed by atoms with van der Waals surface area (Å²) < 4.78 is 6.44. The van der Waals surface area contributed by atoms with Gasteiger partial charge in [0.25, 0.3) is 0 Å². The van der Waals surface area contributed by atoms with Crippen LogP contribution in [0.2, 0.25) is 0 Å². The Kier molecular flexibility index (Phi) is 5.79. The number of para-hydroxylation sites is 1. The van der Waals surface area contributed by atoms with Crippen molar-refractivity contribution in [3.63, 3.8) is 0 Å². The van der Waals surface area contributed by atoms with Crippen molar-refractivity contribution in [2.75, 3.05) is 7.11 Å². The van der Waals surface area contributed by atoms with Gasteiger partial charge in [0.05, 0.1) is 18.5 Å². The predicted molar refractivity (Wildman–Crippen MR) is 75.6 cm³/mol. The van der Waals surface area contributed by atoms with Crippen LogP contribution in [0.1, 0.15) is 36.8 Å². The molecule has 0 unspecified atom stereocenters. The summed E-state index contributed by atoms with van der Waals surface area (Å²) in [5.74, 6) is -0.343. The quantitative estimate of drug-likeness (QED) is 0.796. The normalized spacial score (nSPS) is 9.47. The lowest BCUT2D eigenvalue weighted by Gasteiger charge is -1.98. The van der Waals surface area contributed by atoms with E-state index in [1.165, 1.54) is 7.11 Å². The van der Waals surface area contributed by atoms with Crippen molar-refractivity contribution < 1.29 is 9.53 Å². The second kappa shape index (κ2) is 7.36. The first-order chi connectivity index (χ1) is 9.26. The van der Waals surface area contributed by atoms with E-state index in [-0.39, 0.29) is 5.97 Å². The minimum atomic E-state index is -0.343. The summed E-state index contributed by atoms with van der Waals surface area (Å²) in [6.07, 6.45) is 2.41. The highest BCUT2D eigenvalue weighted by atomic mass is 16.5. The molecule has 0 spiro atoms. The molecule has 0 bridgehead atoms. The van der Waals surface area contributed by atoms with Crippen LogP contribution >= 0.6 is 0 Å². The van der Waals surface area contributed by atoms with Gasteiger partial charge in [0.2, 0.25) is 0 Å². The number of benzene rings is 1. The molecule has 4 nitrogen and oxygen atoms in total. The van der Waals surface area contributed by atoms with Crippen molar-refractivity contribution in [3.8, 4) is 5.69 Å². The third-order valence-electron chi connectivity index (χ3n) is 2.55. The van der Waals surface area contributed by atoms with Crippen LogP contribution in [0.15, 0.2) is 36.5 Å². The van der Waals surface area contributed by atoms with Gasteiger partial charge >= 0.3 is 5.97 Å². The molecule has 1 aromatic heterocycles. The average molecular weight is 260 g/mol. The Morgan fingerprint density at radius 3 is 2.42 bits per heavy atom. The monoisotopic (exact) mass is 260 g/mol. The lowest BCUT2D eigenvalue weighted by molar-refractivity contribution is 0.0599. The van der Waals surface area contributed by atoms with Crippen LogP contribution < -0.4 is 0 Å². The first kappa shape index (κ1) is 15.0. The molecule has 1 aromatic carbocycles. The van der Waals surface area contributed by atoms with Crippen molar-refractivity contribution in [2.24, 2.45) is 0 Å². The zero-order chi connectivity index (χ0) is 14.3. The zero-order valence-electron chi connectivity index (χ0n) is 11.9. The highest BCUT2D eigenvalue weighted by Crippen LogP contribution is 2.13. The van der Waals surface area contributed by atoms with E-state index in [9.17, 15) is 4.79 Å². The molecule has 0 amide bonds. The Hall–Kier alpha value is -2.10. The Morgan fingerprint density at radius 2 is 1.89 bits per heavy atom. The number of rotatable bonds is 3. The van der Waals surface area contributed by atoms with E-state index in [2.05, 4.69) is 5.10 Å². The van der Waals surface area contributed by atoms with Gasteiger partial charge in [0, 0.05) is 6.20 Å². The van der Waals surface area contributed by atoms with E-state index in [0.717, 1.165) is 11.4 Å². The molecule has 4 heteroatoms. The molecule has 2 aromatic rings. The SMILES string of the molecule is CC.CCc1nn(-c2ccccc2)cc1C(=O)OC. The van der Waals surface area contributed by atoms with Crippen molar-refractivity contribution in [1.82, 2.24) is 9.78 Å². The second-order valence-corrected chi connectivity index (χ2v) is 3.61. The van der Waals surface area contributed by atoms with Crippen LogP contribution in [0.4, 0.5) is 0 Å². The number of hydrogen-bond donors (Lipinski definition) is 0. The molecule has 0 radical (unpaired) electrons. The molecule has 0 fully saturated rings. The number of carbonyl (C=O) groups is 1. The lowest BCUT2D eigenvalue weighted by Crippen LogP contribution is -2.02. The van der Waals surface area contributed by atoms with Gasteiger partial charge in [-0.15, -0.1) is 0 Å². The van der Waals surface area contributed by atoms with Crippen molar-refractivity contribution in [3.05, 3.63) is 47.8 Å². The fraction of sp³-hybridized carbons (Fsp3) is 0.333. The maximum Gasteiger partial charge on any atom is 0.341 e. The topological polar surface area (TPSA) is 44.1 Å². The highest BCUT2D eigenvalue weighted by molar-refractivity contribution is 5.90. The third kappa shape index (κ3) is 3.44. The number of aromatic nitrogens is 2. The summed E-state index contributed by atoms with van der Waals surface area (Å²) in [5.41, 5.74) is 2.21. The molecule has 0 aliphatic carbocycles. The van der Waals surface area contributed by atoms with E-state index >= 15 is 0 Å². The van der Waals surface area contributed by atoms with Crippen LogP contribution in [-0.4, -0.2) is 22.9 Å². The van der Waals surface area contributed by atoms with Gasteiger partial charge in [0.15, 0.2) is 0 Å². The van der Waals surface area contributed by atoms with Crippen LogP contribution in [0, 0.1) is 0 Å². The first-order valence-corrected chi connectivity index (χ1v) is 6.48. The molecule has 0 aliphatic heterocycles. The molecule has 1 heterocycles. The zero-order valence-corrected chi connectivity index (χ0v) is 11.9. The van der Waals surface area contributed by atoms with Crippen LogP contribution in [0.5, 0.6) is 0 Å². The number of carbonyl (C=O) groups excluding carboxylic acids is 1. The summed E-state index contributed by atoms with van der Waals surface area (Å²) in [6, 6.07) is 9.68. The highest BCUT2D eigenvalue weighted by Gasteiger charge is 2.15. The molecule has 0 atom stereocenters. The van der Waals surface area contributed by atoms with E-state index in [4.69, 9.17) is 4.74 Å². The summed E-state index contributed by atoms with van der Waals surface area (Å²) >= 11 is 0. The van der Waals surface area contributed by atoms with E-state index in [1.807, 2.05) is 51.1 Å². The fourth-order valence-electron chi connectivity index (χ4n) is 1.66. The Bertz CT molecular complexity index is 518. The number of nitrogens with zero attached hydrogens (tertiary/aromatic N) is 2. The van der Waals surface area contributed by atoms with Crippen LogP contribution in [0.3, 0.4) is 0 Å². The molecule has 0 saturated carbocycles. The molecule has 19 heavy (non-hydrogen) atoms. The van der Waals surface area contributed by atoms with E-state index < -0.39 is 0 Å². The predicted octanol–water partition coefficient (Wildman–Crippen LogP) is 3.25. The standard InChI is InChI=1S/C13H14N2O2.C2H6/c1-3-12-11(13(16)17-2)9-15(14-12)10-7-5-4-6-8-10;1-2/h4-9H,3H2,1-2H3;1-2H3. The largest absolute Gasteiger partial charge is 0.465 e.